The highest BCUT2D eigenvalue weighted by Crippen LogP contribution is 2.21. The van der Waals surface area contributed by atoms with Crippen LogP contribution in [-0.2, 0) is 9.53 Å². The van der Waals surface area contributed by atoms with Crippen molar-refractivity contribution >= 4 is 5.97 Å². The Kier molecular flexibility index (Phi) is 5.66. The minimum Gasteiger partial charge on any atom is -0.460 e. The molecule has 2 nitrogen and oxygen atoms in total. The van der Waals surface area contributed by atoms with Gasteiger partial charge in [-0.25, -0.2) is 9.18 Å². The van der Waals surface area contributed by atoms with E-state index >= 15 is 0 Å². The van der Waals surface area contributed by atoms with E-state index in [0.29, 0.717) is 6.42 Å². The summed E-state index contributed by atoms with van der Waals surface area (Å²) in [6.45, 7) is 1.99. The van der Waals surface area contributed by atoms with Gasteiger partial charge in [0.05, 0.1) is 0 Å². The van der Waals surface area contributed by atoms with Gasteiger partial charge in [0.15, 0.2) is 6.17 Å². The van der Waals surface area contributed by atoms with Gasteiger partial charge in [-0.1, -0.05) is 26.2 Å². The largest absolute Gasteiger partial charge is 0.460 e. The lowest BCUT2D eigenvalue weighted by Gasteiger charge is -2.22. The molecular weight excluding hydrogens is 195 g/mol. The van der Waals surface area contributed by atoms with Gasteiger partial charge in [-0.3, -0.25) is 0 Å². The van der Waals surface area contributed by atoms with E-state index < -0.39 is 12.1 Å². The van der Waals surface area contributed by atoms with Crippen LogP contribution in [0.3, 0.4) is 0 Å². The molecular formula is C12H21FO2. The molecule has 1 fully saturated rings. The highest BCUT2D eigenvalue weighted by Gasteiger charge is 2.23. The Morgan fingerprint density at radius 1 is 1.40 bits per heavy atom. The molecule has 0 unspecified atom stereocenters. The van der Waals surface area contributed by atoms with Gasteiger partial charge in [0.2, 0.25) is 0 Å². The van der Waals surface area contributed by atoms with Crippen LogP contribution in [0.15, 0.2) is 0 Å². The SMILES string of the molecule is CCCC[C@@H](F)C(=O)OC1CCCCC1. The molecule has 0 N–H and O–H groups in total. The molecule has 0 heterocycles. The molecule has 1 aliphatic rings. The maximum atomic E-state index is 13.3. The fourth-order valence-electron chi connectivity index (χ4n) is 1.92. The van der Waals surface area contributed by atoms with Crippen LogP contribution in [0.2, 0.25) is 0 Å². The number of carbonyl (C=O) groups excluding carboxylic acids is 1. The zero-order valence-electron chi connectivity index (χ0n) is 9.51. The van der Waals surface area contributed by atoms with Crippen molar-refractivity contribution in [3.05, 3.63) is 0 Å². The number of carbonyl (C=O) groups is 1. The number of esters is 1. The van der Waals surface area contributed by atoms with Gasteiger partial charge in [0.1, 0.15) is 6.10 Å². The van der Waals surface area contributed by atoms with Crippen molar-refractivity contribution in [3.8, 4) is 0 Å². The van der Waals surface area contributed by atoms with Gasteiger partial charge in [0, 0.05) is 0 Å². The molecule has 1 aliphatic carbocycles. The van der Waals surface area contributed by atoms with E-state index in [9.17, 15) is 9.18 Å². The average Bonchev–Trinajstić information content (AvgIpc) is 2.27. The van der Waals surface area contributed by atoms with Crippen LogP contribution < -0.4 is 0 Å². The second-order valence-corrected chi connectivity index (χ2v) is 4.31. The Hall–Kier alpha value is -0.600. The van der Waals surface area contributed by atoms with E-state index in [4.69, 9.17) is 4.74 Å². The van der Waals surface area contributed by atoms with Crippen molar-refractivity contribution in [1.29, 1.82) is 0 Å². The third-order valence-corrected chi connectivity index (χ3v) is 2.90. The van der Waals surface area contributed by atoms with Crippen LogP contribution in [0.5, 0.6) is 0 Å². The summed E-state index contributed by atoms with van der Waals surface area (Å²) in [6.07, 6.45) is 5.77. The second kappa shape index (κ2) is 6.81. The molecule has 0 amide bonds. The second-order valence-electron chi connectivity index (χ2n) is 4.31. The molecule has 88 valence electrons. The van der Waals surface area contributed by atoms with E-state index in [-0.39, 0.29) is 6.10 Å². The molecule has 0 bridgehead atoms. The number of alkyl halides is 1. The van der Waals surface area contributed by atoms with Crippen LogP contribution in [0.1, 0.15) is 58.3 Å². The summed E-state index contributed by atoms with van der Waals surface area (Å²) in [4.78, 5) is 11.3. The Bertz CT molecular complexity index is 188. The number of rotatable bonds is 5. The Morgan fingerprint density at radius 2 is 2.07 bits per heavy atom. The molecule has 0 aromatic rings. The lowest BCUT2D eigenvalue weighted by molar-refractivity contribution is -0.156. The quantitative estimate of drug-likeness (QED) is 0.658. The van der Waals surface area contributed by atoms with E-state index in [1.54, 1.807) is 0 Å². The first kappa shape index (κ1) is 12.5. The molecule has 15 heavy (non-hydrogen) atoms. The molecule has 1 saturated carbocycles. The van der Waals surface area contributed by atoms with Crippen molar-refractivity contribution in [3.63, 3.8) is 0 Å². The van der Waals surface area contributed by atoms with Crippen LogP contribution in [0.25, 0.3) is 0 Å². The smallest absolute Gasteiger partial charge is 0.340 e. The first-order valence-corrected chi connectivity index (χ1v) is 6.08. The molecule has 0 saturated heterocycles. The lowest BCUT2D eigenvalue weighted by Crippen LogP contribution is -2.26. The van der Waals surface area contributed by atoms with Crippen LogP contribution in [0, 0.1) is 0 Å². The fraction of sp³-hybridized carbons (Fsp3) is 0.917. The third kappa shape index (κ3) is 4.63. The van der Waals surface area contributed by atoms with E-state index in [0.717, 1.165) is 38.5 Å². The Balaban J connectivity index is 2.20. The molecule has 0 aromatic heterocycles. The van der Waals surface area contributed by atoms with Gasteiger partial charge < -0.3 is 4.74 Å². The zero-order chi connectivity index (χ0) is 11.1. The van der Waals surface area contributed by atoms with Gasteiger partial charge in [-0.05, 0) is 32.1 Å². The molecule has 0 aliphatic heterocycles. The summed E-state index contributed by atoms with van der Waals surface area (Å²) in [7, 11) is 0. The first-order valence-electron chi connectivity index (χ1n) is 6.08. The maximum Gasteiger partial charge on any atom is 0.340 e. The predicted molar refractivity (Wildman–Crippen MR) is 57.4 cm³/mol. The van der Waals surface area contributed by atoms with Crippen molar-refractivity contribution < 1.29 is 13.9 Å². The number of halogens is 1. The summed E-state index contributed by atoms with van der Waals surface area (Å²) in [5, 5.41) is 0. The monoisotopic (exact) mass is 216 g/mol. The van der Waals surface area contributed by atoms with Crippen LogP contribution in [0.4, 0.5) is 4.39 Å². The summed E-state index contributed by atoms with van der Waals surface area (Å²) < 4.78 is 18.4. The fourth-order valence-corrected chi connectivity index (χ4v) is 1.92. The number of ether oxygens (including phenoxy) is 1. The average molecular weight is 216 g/mol. The molecule has 1 rings (SSSR count). The van der Waals surface area contributed by atoms with Crippen molar-refractivity contribution in [2.45, 2.75) is 70.6 Å². The molecule has 3 heteroatoms. The predicted octanol–water partition coefficient (Wildman–Crippen LogP) is 3.39. The van der Waals surface area contributed by atoms with Gasteiger partial charge >= 0.3 is 5.97 Å². The Labute approximate surface area is 91.2 Å². The number of hydrogen-bond donors (Lipinski definition) is 0. The summed E-state index contributed by atoms with van der Waals surface area (Å²) >= 11 is 0. The minimum absolute atomic E-state index is 0.0221. The van der Waals surface area contributed by atoms with Crippen molar-refractivity contribution in [2.75, 3.05) is 0 Å². The summed E-state index contributed by atoms with van der Waals surface area (Å²) in [5.74, 6) is -0.643. The maximum absolute atomic E-state index is 13.3. The third-order valence-electron chi connectivity index (χ3n) is 2.90. The highest BCUT2D eigenvalue weighted by atomic mass is 19.1. The topological polar surface area (TPSA) is 26.3 Å². The van der Waals surface area contributed by atoms with E-state index in [2.05, 4.69) is 0 Å². The molecule has 0 aromatic carbocycles. The number of hydrogen-bond acceptors (Lipinski definition) is 2. The summed E-state index contributed by atoms with van der Waals surface area (Å²) in [6, 6.07) is 0. The van der Waals surface area contributed by atoms with Gasteiger partial charge in [-0.2, -0.15) is 0 Å². The molecule has 0 radical (unpaired) electrons. The normalized spacial score (nSPS) is 19.9. The van der Waals surface area contributed by atoms with E-state index in [1.165, 1.54) is 6.42 Å². The van der Waals surface area contributed by atoms with E-state index in [1.807, 2.05) is 6.92 Å². The zero-order valence-corrected chi connectivity index (χ0v) is 9.51. The molecule has 0 spiro atoms. The molecule has 1 atom stereocenters. The van der Waals surface area contributed by atoms with Crippen LogP contribution >= 0.6 is 0 Å². The van der Waals surface area contributed by atoms with Gasteiger partial charge in [0.25, 0.3) is 0 Å². The van der Waals surface area contributed by atoms with Crippen LogP contribution in [-0.4, -0.2) is 18.2 Å². The summed E-state index contributed by atoms with van der Waals surface area (Å²) in [5.41, 5.74) is 0. The standard InChI is InChI=1S/C12H21FO2/c1-2-3-9-11(13)12(14)15-10-7-5-4-6-8-10/h10-11H,2-9H2,1H3/t11-/m1/s1. The highest BCUT2D eigenvalue weighted by molar-refractivity contribution is 5.74. The lowest BCUT2D eigenvalue weighted by atomic mass is 9.98. The Morgan fingerprint density at radius 3 is 2.67 bits per heavy atom. The number of unbranched alkanes of at least 4 members (excludes halogenated alkanes) is 1. The first-order chi connectivity index (χ1) is 7.24. The van der Waals surface area contributed by atoms with Crippen molar-refractivity contribution in [1.82, 2.24) is 0 Å². The van der Waals surface area contributed by atoms with Gasteiger partial charge in [-0.15, -0.1) is 0 Å². The minimum atomic E-state index is -1.41. The van der Waals surface area contributed by atoms with Crippen molar-refractivity contribution in [2.24, 2.45) is 0 Å².